The number of aliphatic hydroxyl groups is 1. The lowest BCUT2D eigenvalue weighted by atomic mass is 9.99. The Labute approximate surface area is 165 Å². The van der Waals surface area contributed by atoms with Crippen LogP contribution in [0.5, 0.6) is 0 Å². The van der Waals surface area contributed by atoms with Crippen molar-refractivity contribution >= 4 is 22.0 Å². The van der Waals surface area contributed by atoms with Gasteiger partial charge in [-0.3, -0.25) is 0 Å². The predicted molar refractivity (Wildman–Crippen MR) is 92.7 cm³/mol. The van der Waals surface area contributed by atoms with Crippen molar-refractivity contribution in [3.63, 3.8) is 0 Å². The average molecular weight is 439 g/mol. The summed E-state index contributed by atoms with van der Waals surface area (Å²) in [5.74, 6) is -1.95. The first-order chi connectivity index (χ1) is 13.4. The number of methoxy groups -OCH3 is 2. The molecule has 0 aromatic heterocycles. The van der Waals surface area contributed by atoms with Crippen LogP contribution in [0.2, 0.25) is 0 Å². The van der Waals surface area contributed by atoms with Crippen LogP contribution in [0.25, 0.3) is 0 Å². The lowest BCUT2D eigenvalue weighted by Crippen LogP contribution is -2.54. The summed E-state index contributed by atoms with van der Waals surface area (Å²) >= 11 is 0. The van der Waals surface area contributed by atoms with Gasteiger partial charge in [0.25, 0.3) is 0 Å². The van der Waals surface area contributed by atoms with E-state index >= 15 is 0 Å². The zero-order valence-corrected chi connectivity index (χ0v) is 16.4. The van der Waals surface area contributed by atoms with Crippen LogP contribution in [-0.4, -0.2) is 68.9 Å². The lowest BCUT2D eigenvalue weighted by molar-refractivity contribution is -0.219. The van der Waals surface area contributed by atoms with E-state index in [0.29, 0.717) is 4.31 Å². The van der Waals surface area contributed by atoms with Gasteiger partial charge >= 0.3 is 18.1 Å². The van der Waals surface area contributed by atoms with E-state index in [9.17, 15) is 36.3 Å². The average Bonchev–Trinajstić information content (AvgIpc) is 2.70. The van der Waals surface area contributed by atoms with Crippen molar-refractivity contribution in [2.24, 2.45) is 0 Å². The smallest absolute Gasteiger partial charge is 0.415 e. The van der Waals surface area contributed by atoms with E-state index in [0.717, 1.165) is 32.4 Å². The zero-order chi connectivity index (χ0) is 22.0. The maximum atomic E-state index is 13.2. The van der Waals surface area contributed by atoms with Gasteiger partial charge in [-0.1, -0.05) is 6.42 Å². The third-order valence-electron chi connectivity index (χ3n) is 4.59. The fourth-order valence-electron chi connectivity index (χ4n) is 3.15. The Kier molecular flexibility index (Phi) is 6.91. The van der Waals surface area contributed by atoms with Gasteiger partial charge in [0, 0.05) is 6.54 Å². The second kappa shape index (κ2) is 8.67. The van der Waals surface area contributed by atoms with Crippen LogP contribution >= 0.6 is 0 Å². The monoisotopic (exact) mass is 439 g/mol. The van der Waals surface area contributed by atoms with Crippen molar-refractivity contribution in [3.05, 3.63) is 29.3 Å². The maximum Gasteiger partial charge on any atom is 0.415 e. The largest absolute Gasteiger partial charge is 0.465 e. The van der Waals surface area contributed by atoms with E-state index in [4.69, 9.17) is 0 Å². The molecular weight excluding hydrogens is 419 g/mol. The highest BCUT2D eigenvalue weighted by atomic mass is 32.2. The third kappa shape index (κ3) is 4.70. The standard InChI is InChI=1S/C17H20F3NO7S/c1-27-15(23)10-6-7-11(16(24)28-2)13(9-10)29(25,26)21-8-4-3-5-12(21)14(22)17(18,19)20/h6-7,9,12,14,22H,3-5,8H2,1-2H3/t12-,14-/m1/s1. The van der Waals surface area contributed by atoms with E-state index in [1.165, 1.54) is 0 Å². The summed E-state index contributed by atoms with van der Waals surface area (Å²) in [6.07, 6.45) is -7.60. The van der Waals surface area contributed by atoms with Crippen molar-refractivity contribution in [2.45, 2.75) is 42.5 Å². The number of piperidine rings is 1. The van der Waals surface area contributed by atoms with E-state index in [2.05, 4.69) is 9.47 Å². The molecule has 1 aliphatic heterocycles. The Balaban J connectivity index is 2.62. The molecule has 2 atom stereocenters. The van der Waals surface area contributed by atoms with Gasteiger partial charge in [-0.15, -0.1) is 0 Å². The number of benzene rings is 1. The number of nitrogens with zero attached hydrogens (tertiary/aromatic N) is 1. The number of carbonyl (C=O) groups is 2. The molecule has 1 aromatic carbocycles. The predicted octanol–water partition coefficient (Wildman–Crippen LogP) is 1.73. The van der Waals surface area contributed by atoms with Crippen molar-refractivity contribution in [2.75, 3.05) is 20.8 Å². The van der Waals surface area contributed by atoms with Gasteiger partial charge in [-0.25, -0.2) is 18.0 Å². The zero-order valence-electron chi connectivity index (χ0n) is 15.6. The van der Waals surface area contributed by atoms with Crippen LogP contribution < -0.4 is 0 Å². The number of sulfonamides is 1. The lowest BCUT2D eigenvalue weighted by Gasteiger charge is -2.38. The van der Waals surface area contributed by atoms with Crippen LogP contribution in [-0.2, 0) is 19.5 Å². The molecule has 0 bridgehead atoms. The Bertz CT molecular complexity index is 886. The van der Waals surface area contributed by atoms with Gasteiger partial charge in [0.05, 0.1) is 36.3 Å². The molecule has 0 radical (unpaired) electrons. The fraction of sp³-hybridized carbons (Fsp3) is 0.529. The molecule has 1 aromatic rings. The van der Waals surface area contributed by atoms with Gasteiger partial charge < -0.3 is 14.6 Å². The first-order valence-corrected chi connectivity index (χ1v) is 9.96. The van der Waals surface area contributed by atoms with Gasteiger partial charge in [0.15, 0.2) is 6.10 Å². The summed E-state index contributed by atoms with van der Waals surface area (Å²) in [5, 5.41) is 9.70. The van der Waals surface area contributed by atoms with Gasteiger partial charge in [-0.05, 0) is 31.0 Å². The van der Waals surface area contributed by atoms with Crippen LogP contribution in [0.15, 0.2) is 23.1 Å². The number of hydrogen-bond acceptors (Lipinski definition) is 7. The van der Waals surface area contributed by atoms with Crippen LogP contribution in [0.1, 0.15) is 40.0 Å². The molecule has 162 valence electrons. The first kappa shape index (κ1) is 23.1. The highest BCUT2D eigenvalue weighted by molar-refractivity contribution is 7.89. The topological polar surface area (TPSA) is 110 Å². The summed E-state index contributed by atoms with van der Waals surface area (Å²) < 4.78 is 75.2. The molecular formula is C17H20F3NO7S. The fourth-order valence-corrected chi connectivity index (χ4v) is 5.05. The number of halogens is 3. The molecule has 8 nitrogen and oxygen atoms in total. The molecule has 1 saturated heterocycles. The molecule has 0 saturated carbocycles. The second-order valence-electron chi connectivity index (χ2n) is 6.36. The number of hydrogen-bond donors (Lipinski definition) is 1. The number of esters is 2. The number of carbonyl (C=O) groups excluding carboxylic acids is 2. The van der Waals surface area contributed by atoms with Gasteiger partial charge in [0.2, 0.25) is 10.0 Å². The van der Waals surface area contributed by atoms with Crippen molar-refractivity contribution < 1.29 is 45.8 Å². The van der Waals surface area contributed by atoms with Crippen molar-refractivity contribution in [1.29, 1.82) is 0 Å². The summed E-state index contributed by atoms with van der Waals surface area (Å²) in [6, 6.07) is 1.24. The quantitative estimate of drug-likeness (QED) is 0.696. The molecule has 1 aliphatic rings. The van der Waals surface area contributed by atoms with Crippen LogP contribution in [0.3, 0.4) is 0 Å². The molecule has 0 amide bonds. The molecule has 0 spiro atoms. The van der Waals surface area contributed by atoms with Crippen molar-refractivity contribution in [1.82, 2.24) is 4.31 Å². The maximum absolute atomic E-state index is 13.2. The molecule has 29 heavy (non-hydrogen) atoms. The number of rotatable bonds is 5. The Morgan fingerprint density at radius 2 is 1.79 bits per heavy atom. The van der Waals surface area contributed by atoms with E-state index in [1.807, 2.05) is 0 Å². The number of alkyl halides is 3. The Morgan fingerprint density at radius 1 is 1.17 bits per heavy atom. The first-order valence-electron chi connectivity index (χ1n) is 8.52. The number of ether oxygens (including phenoxy) is 2. The molecule has 0 unspecified atom stereocenters. The van der Waals surface area contributed by atoms with Crippen LogP contribution in [0, 0.1) is 0 Å². The summed E-state index contributed by atoms with van der Waals surface area (Å²) in [5.41, 5.74) is -0.672. The Hall–Kier alpha value is -2.18. The van der Waals surface area contributed by atoms with Crippen LogP contribution in [0.4, 0.5) is 13.2 Å². The SMILES string of the molecule is COC(=O)c1ccc(C(=O)OC)c(S(=O)(=O)N2CCCC[C@@H]2[C@@H](O)C(F)(F)F)c1. The highest BCUT2D eigenvalue weighted by Gasteiger charge is 2.49. The molecule has 12 heteroatoms. The summed E-state index contributed by atoms with van der Waals surface area (Å²) in [4.78, 5) is 23.1. The molecule has 0 aliphatic carbocycles. The van der Waals surface area contributed by atoms with E-state index in [1.54, 1.807) is 0 Å². The molecule has 1 heterocycles. The third-order valence-corrected chi connectivity index (χ3v) is 6.56. The number of aliphatic hydroxyl groups excluding tert-OH is 1. The molecule has 1 N–H and O–H groups in total. The minimum absolute atomic E-state index is 0.218. The second-order valence-corrected chi connectivity index (χ2v) is 8.22. The van der Waals surface area contributed by atoms with E-state index < -0.39 is 50.7 Å². The van der Waals surface area contributed by atoms with E-state index in [-0.39, 0.29) is 31.4 Å². The summed E-state index contributed by atoms with van der Waals surface area (Å²) in [7, 11) is -2.64. The van der Waals surface area contributed by atoms with Gasteiger partial charge in [0.1, 0.15) is 0 Å². The normalized spacial score (nSPS) is 19.4. The minimum Gasteiger partial charge on any atom is -0.465 e. The molecule has 2 rings (SSSR count). The highest BCUT2D eigenvalue weighted by Crippen LogP contribution is 2.34. The summed E-state index contributed by atoms with van der Waals surface area (Å²) in [6.45, 7) is -0.288. The minimum atomic E-state index is -5.03. The molecule has 1 fully saturated rings. The van der Waals surface area contributed by atoms with Crippen molar-refractivity contribution in [3.8, 4) is 0 Å². The Morgan fingerprint density at radius 3 is 2.34 bits per heavy atom. The van der Waals surface area contributed by atoms with Gasteiger partial charge in [-0.2, -0.15) is 17.5 Å².